The maximum atomic E-state index is 12.9. The molecule has 0 N–H and O–H groups in total. The van der Waals surface area contributed by atoms with Crippen molar-refractivity contribution in [3.8, 4) is 0 Å². The summed E-state index contributed by atoms with van der Waals surface area (Å²) in [5, 5.41) is 0. The monoisotopic (exact) mass is 1280 g/mol. The van der Waals surface area contributed by atoms with Crippen molar-refractivity contribution in [2.45, 2.75) is 341 Å². The summed E-state index contributed by atoms with van der Waals surface area (Å²) in [5.41, 5.74) is 0. The molecule has 2 atom stereocenters. The molecule has 0 aromatic rings. The van der Waals surface area contributed by atoms with E-state index >= 15 is 0 Å². The van der Waals surface area contributed by atoms with Crippen molar-refractivity contribution in [2.24, 2.45) is 0 Å². The van der Waals surface area contributed by atoms with E-state index in [4.69, 9.17) is 18.5 Å². The Labute approximate surface area is 556 Å². The van der Waals surface area contributed by atoms with E-state index in [0.29, 0.717) is 17.4 Å². The predicted molar refractivity (Wildman–Crippen MR) is 388 cm³/mol. The molecule has 0 fully saturated rings. The van der Waals surface area contributed by atoms with E-state index in [2.05, 4.69) is 123 Å². The van der Waals surface area contributed by atoms with Gasteiger partial charge in [0.05, 0.1) is 27.7 Å². The average molecular weight is 1280 g/mol. The average Bonchev–Trinajstić information content (AvgIpc) is 3.58. The molecule has 0 spiro atoms. The van der Waals surface area contributed by atoms with E-state index in [0.717, 1.165) is 109 Å². The number of carbonyl (C=O) groups excluding carboxylic acids is 2. The third kappa shape index (κ3) is 73.7. The molecule has 10 heteroatoms. The molecule has 0 aromatic carbocycles. The molecule has 0 rings (SSSR count). The number of esters is 2. The molecule has 90 heavy (non-hydrogen) atoms. The van der Waals surface area contributed by atoms with E-state index in [-0.39, 0.29) is 32.0 Å². The van der Waals surface area contributed by atoms with Gasteiger partial charge in [0.25, 0.3) is 7.82 Å². The van der Waals surface area contributed by atoms with Crippen LogP contribution in [-0.2, 0) is 32.7 Å². The maximum Gasteiger partial charge on any atom is 0.306 e. The minimum Gasteiger partial charge on any atom is -0.756 e. The molecule has 0 aliphatic carbocycles. The molecule has 0 aliphatic heterocycles. The maximum absolute atomic E-state index is 12.9. The van der Waals surface area contributed by atoms with Gasteiger partial charge in [-0.05, 0) is 83.5 Å². The Kier molecular flexibility index (Phi) is 67.4. The molecule has 0 aromatic heterocycles. The topological polar surface area (TPSA) is 111 Å². The Morgan fingerprint density at radius 3 is 0.944 bits per heavy atom. The SMILES string of the molecule is CC/C=C\C/C=C\C/C=C\C/C=C\C/C=C\C/C=C\C/C=C\C/C=C\C/C=C\CCCCCCCC(=O)OC(COC(=O)CCCCCCCCCCCCCCCCCCCCCCCCCCCCCCCCCCC)COP(=O)([O-])OCC[N+](C)(C)C. The normalized spacial score (nSPS) is 13.7. The van der Waals surface area contributed by atoms with E-state index in [1.807, 2.05) is 21.1 Å². The molecule has 0 heterocycles. The van der Waals surface area contributed by atoms with Gasteiger partial charge in [-0.3, -0.25) is 14.2 Å². The molecule has 2 unspecified atom stereocenters. The zero-order valence-corrected chi connectivity index (χ0v) is 60.2. The smallest absolute Gasteiger partial charge is 0.306 e. The Morgan fingerprint density at radius 1 is 0.356 bits per heavy atom. The van der Waals surface area contributed by atoms with Crippen molar-refractivity contribution >= 4 is 19.8 Å². The van der Waals surface area contributed by atoms with Gasteiger partial charge < -0.3 is 27.9 Å². The quantitative estimate of drug-likeness (QED) is 0.0195. The number of unbranched alkanes of at least 4 members (excludes halogenated alkanes) is 37. The van der Waals surface area contributed by atoms with Crippen LogP contribution in [-0.4, -0.2) is 70.0 Å². The number of likely N-dealkylation sites (N-methyl/N-ethyl adjacent to an activating group) is 1. The molecule has 0 radical (unpaired) electrons. The van der Waals surface area contributed by atoms with Crippen LogP contribution in [0.15, 0.2) is 109 Å². The number of hydrogen-bond acceptors (Lipinski definition) is 8. The van der Waals surface area contributed by atoms with Crippen molar-refractivity contribution in [1.82, 2.24) is 0 Å². The van der Waals surface area contributed by atoms with Gasteiger partial charge in [0.1, 0.15) is 19.8 Å². The Hall–Kier alpha value is -3.33. The van der Waals surface area contributed by atoms with Crippen LogP contribution in [0.2, 0.25) is 0 Å². The summed E-state index contributed by atoms with van der Waals surface area (Å²) in [6.45, 7) is 4.14. The van der Waals surface area contributed by atoms with Crippen LogP contribution in [0.4, 0.5) is 0 Å². The molecular formula is C80H142NO8P. The Bertz CT molecular complexity index is 1890. The van der Waals surface area contributed by atoms with E-state index in [1.54, 1.807) is 0 Å². The lowest BCUT2D eigenvalue weighted by molar-refractivity contribution is -0.870. The Morgan fingerprint density at radius 2 is 0.633 bits per heavy atom. The lowest BCUT2D eigenvalue weighted by Crippen LogP contribution is -2.37. The molecule has 0 amide bonds. The highest BCUT2D eigenvalue weighted by atomic mass is 31.2. The van der Waals surface area contributed by atoms with Gasteiger partial charge in [-0.1, -0.05) is 348 Å². The van der Waals surface area contributed by atoms with Gasteiger partial charge in [0.2, 0.25) is 0 Å². The number of quaternary nitrogens is 1. The van der Waals surface area contributed by atoms with Gasteiger partial charge in [0, 0.05) is 12.8 Å². The molecule has 9 nitrogen and oxygen atoms in total. The molecule has 0 bridgehead atoms. The number of phosphoric acid groups is 1. The van der Waals surface area contributed by atoms with Gasteiger partial charge in [-0.15, -0.1) is 0 Å². The largest absolute Gasteiger partial charge is 0.756 e. The summed E-state index contributed by atoms with van der Waals surface area (Å²) in [6, 6.07) is 0. The number of nitrogens with zero attached hydrogens (tertiary/aromatic N) is 1. The fraction of sp³-hybridized carbons (Fsp3) is 0.750. The first-order chi connectivity index (χ1) is 44.0. The summed E-state index contributed by atoms with van der Waals surface area (Å²) in [5.74, 6) is -0.849. The van der Waals surface area contributed by atoms with Crippen molar-refractivity contribution in [1.29, 1.82) is 0 Å². The van der Waals surface area contributed by atoms with Crippen molar-refractivity contribution in [3.63, 3.8) is 0 Å². The lowest BCUT2D eigenvalue weighted by atomic mass is 10.0. The number of allylic oxidation sites excluding steroid dienone is 18. The predicted octanol–water partition coefficient (Wildman–Crippen LogP) is 24.2. The summed E-state index contributed by atoms with van der Waals surface area (Å²) in [7, 11) is 1.15. The van der Waals surface area contributed by atoms with Crippen molar-refractivity contribution < 1.29 is 42.1 Å². The number of rotatable bonds is 69. The first kappa shape index (κ1) is 86.7. The molecular weight excluding hydrogens is 1130 g/mol. The first-order valence-corrected chi connectivity index (χ1v) is 39.1. The van der Waals surface area contributed by atoms with Crippen molar-refractivity contribution in [2.75, 3.05) is 47.5 Å². The van der Waals surface area contributed by atoms with Gasteiger partial charge in [-0.2, -0.15) is 0 Å². The van der Waals surface area contributed by atoms with Crippen LogP contribution in [0.3, 0.4) is 0 Å². The van der Waals surface area contributed by atoms with Crippen LogP contribution in [0.25, 0.3) is 0 Å². The number of ether oxygens (including phenoxy) is 2. The highest BCUT2D eigenvalue weighted by Gasteiger charge is 2.22. The summed E-state index contributed by atoms with van der Waals surface area (Å²) < 4.78 is 34.3. The minimum atomic E-state index is -4.66. The van der Waals surface area contributed by atoms with Crippen LogP contribution in [0.5, 0.6) is 0 Å². The van der Waals surface area contributed by atoms with E-state index in [1.165, 1.54) is 193 Å². The number of phosphoric ester groups is 1. The molecule has 520 valence electrons. The highest BCUT2D eigenvalue weighted by Crippen LogP contribution is 2.38. The molecule has 0 aliphatic rings. The standard InChI is InChI=1S/C80H142NO8P/c1-6-8-10-12-14-16-18-20-22-24-26-28-30-32-34-36-38-40-42-44-46-48-50-52-54-56-58-60-62-64-66-68-70-72-79(82)86-76-78(77-88-90(84,85)87-75-74-81(3,4)5)89-80(83)73-71-69-67-65-63-61-59-57-55-53-51-49-47-45-43-41-39-37-35-33-31-29-27-25-23-21-19-17-15-13-11-9-7-2/h9,11,15,17,21,23,27,29,33,35,39,41,45,47,51,53,57,59,78H,6-8,10,12-14,16,18-20,22,24-26,28,30-32,34,36-38,40,42-44,46,48-50,52,54-56,58,60-77H2,1-5H3/b11-9-,17-15-,23-21-,29-27-,35-33-,41-39-,47-45-,53-51-,59-57-. The zero-order valence-electron chi connectivity index (χ0n) is 59.3. The lowest BCUT2D eigenvalue weighted by Gasteiger charge is -2.28. The number of hydrogen-bond donors (Lipinski definition) is 0. The van der Waals surface area contributed by atoms with Crippen molar-refractivity contribution in [3.05, 3.63) is 109 Å². The fourth-order valence-electron chi connectivity index (χ4n) is 10.6. The summed E-state index contributed by atoms with van der Waals surface area (Å²) in [4.78, 5) is 38.1. The van der Waals surface area contributed by atoms with Crippen LogP contribution >= 0.6 is 7.82 Å². The third-order valence-electron chi connectivity index (χ3n) is 16.3. The van der Waals surface area contributed by atoms with E-state index in [9.17, 15) is 19.0 Å². The molecule has 0 saturated heterocycles. The van der Waals surface area contributed by atoms with Gasteiger partial charge in [-0.25, -0.2) is 0 Å². The second-order valence-corrected chi connectivity index (χ2v) is 27.7. The highest BCUT2D eigenvalue weighted by molar-refractivity contribution is 7.45. The molecule has 0 saturated carbocycles. The summed E-state index contributed by atoms with van der Waals surface area (Å²) >= 11 is 0. The summed E-state index contributed by atoms with van der Waals surface area (Å²) in [6.07, 6.45) is 99.1. The fourth-order valence-corrected chi connectivity index (χ4v) is 11.3. The van der Waals surface area contributed by atoms with Crippen LogP contribution in [0, 0.1) is 0 Å². The van der Waals surface area contributed by atoms with Crippen LogP contribution in [0.1, 0.15) is 335 Å². The van der Waals surface area contributed by atoms with Gasteiger partial charge >= 0.3 is 11.9 Å². The van der Waals surface area contributed by atoms with Crippen LogP contribution < -0.4 is 4.89 Å². The minimum absolute atomic E-state index is 0.0389. The first-order valence-electron chi connectivity index (χ1n) is 37.6. The van der Waals surface area contributed by atoms with E-state index < -0.39 is 26.5 Å². The Balaban J connectivity index is 4.06. The van der Waals surface area contributed by atoms with Gasteiger partial charge in [0.15, 0.2) is 6.10 Å². The zero-order chi connectivity index (χ0) is 65.5. The third-order valence-corrected chi connectivity index (χ3v) is 17.3. The second-order valence-electron chi connectivity index (χ2n) is 26.3. The second kappa shape index (κ2) is 70.0. The number of carbonyl (C=O) groups is 2.